The number of hydrogen-bond donors (Lipinski definition) is 0. The number of aromatic nitrogens is 1. The molecule has 0 bridgehead atoms. The Bertz CT molecular complexity index is 402. The summed E-state index contributed by atoms with van der Waals surface area (Å²) in [6, 6.07) is 3.11. The van der Waals surface area contributed by atoms with E-state index in [-0.39, 0.29) is 10.6 Å². The summed E-state index contributed by atoms with van der Waals surface area (Å²) in [4.78, 5) is 19.0. The van der Waals surface area contributed by atoms with Crippen LogP contribution >= 0.6 is 0 Å². The average Bonchev–Trinajstić information content (AvgIpc) is 2.39. The molecule has 1 aliphatic heterocycles. The molecule has 17 heavy (non-hydrogen) atoms. The van der Waals surface area contributed by atoms with Crippen molar-refractivity contribution in [1.82, 2.24) is 9.88 Å². The Morgan fingerprint density at radius 2 is 2.12 bits per heavy atom. The van der Waals surface area contributed by atoms with Crippen LogP contribution in [-0.2, 0) is 0 Å². The molecule has 1 fully saturated rings. The van der Waals surface area contributed by atoms with Gasteiger partial charge in [-0.25, -0.2) is 4.98 Å². The number of nitro groups is 1. The van der Waals surface area contributed by atoms with Crippen molar-refractivity contribution in [2.75, 3.05) is 37.6 Å². The molecule has 1 aromatic heterocycles. The van der Waals surface area contributed by atoms with E-state index in [0.29, 0.717) is 5.82 Å². The highest BCUT2D eigenvalue weighted by molar-refractivity contribution is 5.57. The van der Waals surface area contributed by atoms with Gasteiger partial charge in [-0.15, -0.1) is 0 Å². The molecule has 6 nitrogen and oxygen atoms in total. The molecule has 0 amide bonds. The van der Waals surface area contributed by atoms with Gasteiger partial charge in [0.15, 0.2) is 0 Å². The van der Waals surface area contributed by atoms with Crippen LogP contribution in [0.25, 0.3) is 0 Å². The van der Waals surface area contributed by atoms with Gasteiger partial charge in [-0.1, -0.05) is 6.92 Å². The van der Waals surface area contributed by atoms with E-state index in [0.717, 1.165) is 32.7 Å². The number of piperazine rings is 1. The molecule has 0 saturated carbocycles. The third-order valence-corrected chi connectivity index (χ3v) is 3.08. The minimum Gasteiger partial charge on any atom is -0.348 e. The predicted octanol–water partition coefficient (Wildman–Crippen LogP) is 1.13. The minimum atomic E-state index is -0.367. The normalized spacial score (nSPS) is 17.1. The second kappa shape index (κ2) is 5.09. The highest BCUT2D eigenvalue weighted by Gasteiger charge is 2.23. The Kier molecular flexibility index (Phi) is 3.53. The minimum absolute atomic E-state index is 0.0949. The van der Waals surface area contributed by atoms with Crippen molar-refractivity contribution >= 4 is 11.5 Å². The standard InChI is InChI=1S/C11H16N4O2/c1-2-13-6-8-14(9-7-13)11-10(15(16)17)4-3-5-12-11/h3-5H,2,6-9H2,1H3. The van der Waals surface area contributed by atoms with E-state index < -0.39 is 0 Å². The van der Waals surface area contributed by atoms with Gasteiger partial charge < -0.3 is 9.80 Å². The molecule has 0 atom stereocenters. The molecule has 1 aliphatic rings. The summed E-state index contributed by atoms with van der Waals surface area (Å²) in [6.07, 6.45) is 1.61. The Balaban J connectivity index is 2.15. The molecule has 6 heteroatoms. The molecular formula is C11H16N4O2. The maximum Gasteiger partial charge on any atom is 0.311 e. The van der Waals surface area contributed by atoms with Crippen LogP contribution in [0.1, 0.15) is 6.92 Å². The molecule has 1 saturated heterocycles. The number of nitrogens with zero attached hydrogens (tertiary/aromatic N) is 4. The Hall–Kier alpha value is -1.69. The van der Waals surface area contributed by atoms with Crippen molar-refractivity contribution in [1.29, 1.82) is 0 Å². The van der Waals surface area contributed by atoms with Crippen molar-refractivity contribution in [2.45, 2.75) is 6.92 Å². The number of pyridine rings is 1. The highest BCUT2D eigenvalue weighted by atomic mass is 16.6. The van der Waals surface area contributed by atoms with Gasteiger partial charge in [-0.05, 0) is 12.6 Å². The van der Waals surface area contributed by atoms with Gasteiger partial charge in [-0.2, -0.15) is 0 Å². The monoisotopic (exact) mass is 236 g/mol. The van der Waals surface area contributed by atoms with Crippen molar-refractivity contribution < 1.29 is 4.92 Å². The summed E-state index contributed by atoms with van der Waals surface area (Å²) in [5.41, 5.74) is 0.0949. The van der Waals surface area contributed by atoms with Gasteiger partial charge in [0.1, 0.15) is 0 Å². The summed E-state index contributed by atoms with van der Waals surface area (Å²) in [6.45, 7) is 6.61. The first kappa shape index (κ1) is 11.8. The van der Waals surface area contributed by atoms with Gasteiger partial charge in [0.05, 0.1) is 4.92 Å². The van der Waals surface area contributed by atoms with Gasteiger partial charge >= 0.3 is 5.69 Å². The predicted molar refractivity (Wildman–Crippen MR) is 65.2 cm³/mol. The van der Waals surface area contributed by atoms with Crippen LogP contribution in [0.4, 0.5) is 11.5 Å². The third-order valence-electron chi connectivity index (χ3n) is 3.08. The summed E-state index contributed by atoms with van der Waals surface area (Å²) >= 11 is 0. The Labute approximate surface area is 100 Å². The highest BCUT2D eigenvalue weighted by Crippen LogP contribution is 2.25. The van der Waals surface area contributed by atoms with Crippen molar-refractivity contribution in [2.24, 2.45) is 0 Å². The molecule has 92 valence electrons. The van der Waals surface area contributed by atoms with Crippen LogP contribution in [0.5, 0.6) is 0 Å². The number of anilines is 1. The van der Waals surface area contributed by atoms with Crippen LogP contribution in [-0.4, -0.2) is 47.5 Å². The SMILES string of the molecule is CCN1CCN(c2ncccc2[N+](=O)[O-])CC1. The van der Waals surface area contributed by atoms with E-state index in [1.165, 1.54) is 6.07 Å². The van der Waals surface area contributed by atoms with E-state index in [2.05, 4.69) is 16.8 Å². The molecule has 0 spiro atoms. The van der Waals surface area contributed by atoms with E-state index in [4.69, 9.17) is 0 Å². The molecule has 0 aliphatic carbocycles. The Morgan fingerprint density at radius 3 is 2.71 bits per heavy atom. The average molecular weight is 236 g/mol. The van der Waals surface area contributed by atoms with E-state index in [1.54, 1.807) is 12.3 Å². The lowest BCUT2D eigenvalue weighted by Gasteiger charge is -2.34. The fraction of sp³-hybridized carbons (Fsp3) is 0.545. The lowest BCUT2D eigenvalue weighted by molar-refractivity contribution is -0.384. The van der Waals surface area contributed by atoms with Crippen LogP contribution in [0, 0.1) is 10.1 Å². The topological polar surface area (TPSA) is 62.5 Å². The van der Waals surface area contributed by atoms with Crippen molar-refractivity contribution in [3.8, 4) is 0 Å². The Morgan fingerprint density at radius 1 is 1.41 bits per heavy atom. The largest absolute Gasteiger partial charge is 0.348 e. The van der Waals surface area contributed by atoms with Crippen LogP contribution in [0.2, 0.25) is 0 Å². The number of likely N-dealkylation sites (N-methyl/N-ethyl adjacent to an activating group) is 1. The molecule has 1 aromatic rings. The maximum atomic E-state index is 10.9. The van der Waals surface area contributed by atoms with Gasteiger partial charge in [0, 0.05) is 38.4 Å². The zero-order chi connectivity index (χ0) is 12.3. The van der Waals surface area contributed by atoms with Crippen LogP contribution in [0.15, 0.2) is 18.3 Å². The lowest BCUT2D eigenvalue weighted by atomic mass is 10.3. The smallest absolute Gasteiger partial charge is 0.311 e. The van der Waals surface area contributed by atoms with E-state index in [9.17, 15) is 10.1 Å². The fourth-order valence-electron chi connectivity index (χ4n) is 2.05. The molecule has 0 N–H and O–H groups in total. The fourth-order valence-corrected chi connectivity index (χ4v) is 2.05. The molecule has 0 unspecified atom stereocenters. The zero-order valence-electron chi connectivity index (χ0n) is 9.87. The van der Waals surface area contributed by atoms with Gasteiger partial charge in [-0.3, -0.25) is 10.1 Å². The molecule has 0 aromatic carbocycles. The summed E-state index contributed by atoms with van der Waals surface area (Å²) in [7, 11) is 0. The second-order valence-corrected chi connectivity index (χ2v) is 4.02. The summed E-state index contributed by atoms with van der Waals surface area (Å²) < 4.78 is 0. The van der Waals surface area contributed by atoms with E-state index >= 15 is 0 Å². The lowest BCUT2D eigenvalue weighted by Crippen LogP contribution is -2.46. The van der Waals surface area contributed by atoms with Gasteiger partial charge in [0.25, 0.3) is 0 Å². The van der Waals surface area contributed by atoms with Crippen molar-refractivity contribution in [3.63, 3.8) is 0 Å². The number of rotatable bonds is 3. The first-order valence-electron chi connectivity index (χ1n) is 5.79. The van der Waals surface area contributed by atoms with E-state index in [1.807, 2.05) is 4.90 Å². The molecule has 0 radical (unpaired) electrons. The maximum absolute atomic E-state index is 10.9. The quantitative estimate of drug-likeness (QED) is 0.581. The second-order valence-electron chi connectivity index (χ2n) is 4.02. The molecule has 2 heterocycles. The first-order valence-corrected chi connectivity index (χ1v) is 5.79. The summed E-state index contributed by atoms with van der Waals surface area (Å²) in [5, 5.41) is 10.9. The molecular weight excluding hydrogens is 220 g/mol. The third kappa shape index (κ3) is 2.52. The summed E-state index contributed by atoms with van der Waals surface area (Å²) in [5.74, 6) is 0.494. The van der Waals surface area contributed by atoms with Crippen LogP contribution in [0.3, 0.4) is 0 Å². The molecule has 2 rings (SSSR count). The van der Waals surface area contributed by atoms with Gasteiger partial charge in [0.2, 0.25) is 5.82 Å². The first-order chi connectivity index (χ1) is 8.22. The zero-order valence-corrected chi connectivity index (χ0v) is 9.87. The number of hydrogen-bond acceptors (Lipinski definition) is 5. The van der Waals surface area contributed by atoms with Crippen LogP contribution < -0.4 is 4.90 Å². The van der Waals surface area contributed by atoms with Crippen molar-refractivity contribution in [3.05, 3.63) is 28.4 Å².